The summed E-state index contributed by atoms with van der Waals surface area (Å²) in [5.74, 6) is -0.202. The number of nitrogens with one attached hydrogen (secondary N) is 1. The summed E-state index contributed by atoms with van der Waals surface area (Å²) in [6, 6.07) is 4.96. The molecular weight excluding hydrogens is 192 g/mol. The molecule has 0 unspecified atom stereocenters. The van der Waals surface area contributed by atoms with Crippen molar-refractivity contribution >= 4 is 17.3 Å². The summed E-state index contributed by atoms with van der Waals surface area (Å²) in [4.78, 5) is 10.7. The lowest BCUT2D eigenvalue weighted by Gasteiger charge is -2.07. The van der Waals surface area contributed by atoms with Gasteiger partial charge in [-0.05, 0) is 37.0 Å². The highest BCUT2D eigenvalue weighted by molar-refractivity contribution is 5.94. The van der Waals surface area contributed by atoms with E-state index in [0.29, 0.717) is 5.69 Å². The highest BCUT2D eigenvalue weighted by Gasteiger charge is 2.20. The zero-order chi connectivity index (χ0) is 10.8. The number of anilines is 2. The summed E-state index contributed by atoms with van der Waals surface area (Å²) in [7, 11) is 0. The van der Waals surface area contributed by atoms with Gasteiger partial charge in [0.2, 0.25) is 0 Å². The van der Waals surface area contributed by atoms with Gasteiger partial charge in [0.25, 0.3) is 0 Å². The van der Waals surface area contributed by atoms with Crippen LogP contribution in [-0.2, 0) is 0 Å². The van der Waals surface area contributed by atoms with Gasteiger partial charge >= 0.3 is 5.97 Å². The van der Waals surface area contributed by atoms with Gasteiger partial charge < -0.3 is 16.2 Å². The van der Waals surface area contributed by atoms with Crippen LogP contribution in [0.4, 0.5) is 11.4 Å². The van der Waals surface area contributed by atoms with E-state index in [1.165, 1.54) is 18.9 Å². The predicted molar refractivity (Wildman–Crippen MR) is 59.0 cm³/mol. The Bertz CT molecular complexity index is 386. The van der Waals surface area contributed by atoms with Gasteiger partial charge in [0, 0.05) is 17.9 Å². The summed E-state index contributed by atoms with van der Waals surface area (Å²) < 4.78 is 0. The van der Waals surface area contributed by atoms with E-state index in [1.54, 1.807) is 12.1 Å². The van der Waals surface area contributed by atoms with Crippen molar-refractivity contribution in [3.05, 3.63) is 23.8 Å². The number of benzene rings is 1. The Balaban J connectivity index is 2.06. The van der Waals surface area contributed by atoms with Crippen molar-refractivity contribution in [2.24, 2.45) is 5.92 Å². The Morgan fingerprint density at radius 3 is 2.80 bits per heavy atom. The molecule has 2 rings (SSSR count). The van der Waals surface area contributed by atoms with Crippen LogP contribution < -0.4 is 11.1 Å². The lowest BCUT2D eigenvalue weighted by Crippen LogP contribution is -2.06. The molecule has 1 saturated carbocycles. The second-order valence-electron chi connectivity index (χ2n) is 3.93. The monoisotopic (exact) mass is 206 g/mol. The average Bonchev–Trinajstić information content (AvgIpc) is 2.97. The number of nitrogens with two attached hydrogens (primary N) is 1. The van der Waals surface area contributed by atoms with Gasteiger partial charge in [0.15, 0.2) is 0 Å². The molecule has 0 atom stereocenters. The van der Waals surface area contributed by atoms with Gasteiger partial charge in [0.05, 0.1) is 5.56 Å². The van der Waals surface area contributed by atoms with Crippen molar-refractivity contribution in [2.45, 2.75) is 12.8 Å². The summed E-state index contributed by atoms with van der Waals surface area (Å²) >= 11 is 0. The number of rotatable bonds is 4. The molecule has 0 bridgehead atoms. The van der Waals surface area contributed by atoms with Crippen LogP contribution in [0, 0.1) is 5.92 Å². The second kappa shape index (κ2) is 3.81. The molecule has 15 heavy (non-hydrogen) atoms. The van der Waals surface area contributed by atoms with E-state index >= 15 is 0 Å². The van der Waals surface area contributed by atoms with Gasteiger partial charge in [-0.15, -0.1) is 0 Å². The number of aromatic carboxylic acids is 1. The van der Waals surface area contributed by atoms with Crippen LogP contribution in [0.1, 0.15) is 23.2 Å². The summed E-state index contributed by atoms with van der Waals surface area (Å²) in [6.45, 7) is 0.950. The Morgan fingerprint density at radius 1 is 1.53 bits per heavy atom. The van der Waals surface area contributed by atoms with E-state index in [1.807, 2.05) is 0 Å². The Hall–Kier alpha value is -1.71. The first-order valence-corrected chi connectivity index (χ1v) is 5.03. The highest BCUT2D eigenvalue weighted by atomic mass is 16.4. The van der Waals surface area contributed by atoms with Gasteiger partial charge in [0.1, 0.15) is 0 Å². The summed E-state index contributed by atoms with van der Waals surface area (Å²) in [5.41, 5.74) is 6.98. The van der Waals surface area contributed by atoms with Crippen LogP contribution in [0.5, 0.6) is 0 Å². The molecule has 0 radical (unpaired) electrons. The molecule has 0 heterocycles. The molecular formula is C11H14N2O2. The zero-order valence-corrected chi connectivity index (χ0v) is 8.36. The van der Waals surface area contributed by atoms with Crippen molar-refractivity contribution in [3.63, 3.8) is 0 Å². The van der Waals surface area contributed by atoms with E-state index in [9.17, 15) is 4.79 Å². The fourth-order valence-electron chi connectivity index (χ4n) is 1.45. The number of nitrogen functional groups attached to an aromatic ring is 1. The quantitative estimate of drug-likeness (QED) is 0.656. The molecule has 0 amide bonds. The van der Waals surface area contributed by atoms with Crippen molar-refractivity contribution in [2.75, 3.05) is 17.6 Å². The first-order valence-electron chi connectivity index (χ1n) is 5.03. The fraction of sp³-hybridized carbons (Fsp3) is 0.364. The third kappa shape index (κ3) is 2.40. The smallest absolute Gasteiger partial charge is 0.337 e. The molecule has 0 aromatic heterocycles. The normalized spacial score (nSPS) is 14.9. The molecule has 80 valence electrons. The second-order valence-corrected chi connectivity index (χ2v) is 3.93. The zero-order valence-electron chi connectivity index (χ0n) is 8.36. The first-order chi connectivity index (χ1) is 7.16. The number of carbonyl (C=O) groups is 1. The third-order valence-corrected chi connectivity index (χ3v) is 2.57. The molecule has 1 aliphatic rings. The molecule has 0 spiro atoms. The van der Waals surface area contributed by atoms with E-state index in [2.05, 4.69) is 5.32 Å². The van der Waals surface area contributed by atoms with Crippen LogP contribution >= 0.6 is 0 Å². The number of hydrogen-bond acceptors (Lipinski definition) is 3. The standard InChI is InChI=1S/C11H14N2O2/c12-10-5-8(13-6-7-1-2-7)3-4-9(10)11(14)15/h3-5,7,13H,1-2,6,12H2,(H,14,15). The molecule has 1 aliphatic carbocycles. The van der Waals surface area contributed by atoms with Crippen LogP contribution in [0.2, 0.25) is 0 Å². The SMILES string of the molecule is Nc1cc(NCC2CC2)ccc1C(=O)O. The maximum absolute atomic E-state index is 10.7. The Kier molecular flexibility index (Phi) is 2.49. The minimum atomic E-state index is -0.985. The molecule has 4 N–H and O–H groups in total. The Labute approximate surface area is 88.1 Å². The van der Waals surface area contributed by atoms with Gasteiger partial charge in [-0.25, -0.2) is 4.79 Å². The van der Waals surface area contributed by atoms with Gasteiger partial charge in [-0.1, -0.05) is 0 Å². The molecule has 0 saturated heterocycles. The van der Waals surface area contributed by atoms with Crippen molar-refractivity contribution in [1.82, 2.24) is 0 Å². The van der Waals surface area contributed by atoms with Crippen molar-refractivity contribution in [3.8, 4) is 0 Å². The molecule has 1 aromatic rings. The number of hydrogen-bond donors (Lipinski definition) is 3. The van der Waals surface area contributed by atoms with Crippen LogP contribution in [0.15, 0.2) is 18.2 Å². The third-order valence-electron chi connectivity index (χ3n) is 2.57. The molecule has 4 heteroatoms. The van der Waals surface area contributed by atoms with Crippen molar-refractivity contribution in [1.29, 1.82) is 0 Å². The molecule has 1 aromatic carbocycles. The van der Waals surface area contributed by atoms with Crippen molar-refractivity contribution < 1.29 is 9.90 Å². The predicted octanol–water partition coefficient (Wildman–Crippen LogP) is 1.79. The minimum Gasteiger partial charge on any atom is -0.478 e. The fourth-order valence-corrected chi connectivity index (χ4v) is 1.45. The van der Waals surface area contributed by atoms with E-state index in [-0.39, 0.29) is 5.56 Å². The number of carboxylic acid groups (broad SMARTS) is 1. The van der Waals surface area contributed by atoms with E-state index < -0.39 is 5.97 Å². The topological polar surface area (TPSA) is 75.3 Å². The summed E-state index contributed by atoms with van der Waals surface area (Å²) in [5, 5.41) is 12.0. The lowest BCUT2D eigenvalue weighted by atomic mass is 10.1. The largest absolute Gasteiger partial charge is 0.478 e. The summed E-state index contributed by atoms with van der Waals surface area (Å²) in [6.07, 6.45) is 2.57. The van der Waals surface area contributed by atoms with Gasteiger partial charge in [-0.2, -0.15) is 0 Å². The minimum absolute atomic E-state index is 0.159. The maximum atomic E-state index is 10.7. The van der Waals surface area contributed by atoms with Crippen LogP contribution in [-0.4, -0.2) is 17.6 Å². The maximum Gasteiger partial charge on any atom is 0.337 e. The first kappa shape index (κ1) is 9.83. The van der Waals surface area contributed by atoms with Crippen LogP contribution in [0.3, 0.4) is 0 Å². The molecule has 0 aliphatic heterocycles. The van der Waals surface area contributed by atoms with E-state index in [4.69, 9.17) is 10.8 Å². The molecule has 1 fully saturated rings. The van der Waals surface area contributed by atoms with E-state index in [0.717, 1.165) is 18.2 Å². The van der Waals surface area contributed by atoms with Gasteiger partial charge in [-0.3, -0.25) is 0 Å². The molecule has 4 nitrogen and oxygen atoms in total. The van der Waals surface area contributed by atoms with Crippen LogP contribution in [0.25, 0.3) is 0 Å². The average molecular weight is 206 g/mol. The Morgan fingerprint density at radius 2 is 2.27 bits per heavy atom. The highest BCUT2D eigenvalue weighted by Crippen LogP contribution is 2.29. The number of carboxylic acids is 1. The lowest BCUT2D eigenvalue weighted by molar-refractivity contribution is 0.0698.